The van der Waals surface area contributed by atoms with Gasteiger partial charge >= 0.3 is 0 Å². The van der Waals surface area contributed by atoms with Crippen molar-refractivity contribution in [1.82, 2.24) is 10.2 Å². The number of hydrogen-bond acceptors (Lipinski definition) is 4. The van der Waals surface area contributed by atoms with E-state index in [1.54, 1.807) is 0 Å². The van der Waals surface area contributed by atoms with Gasteiger partial charge in [0, 0.05) is 17.3 Å². The Kier molecular flexibility index (Phi) is 3.85. The lowest BCUT2D eigenvalue weighted by atomic mass is 10.1. The van der Waals surface area contributed by atoms with Crippen molar-refractivity contribution in [3.05, 3.63) is 40.7 Å². The van der Waals surface area contributed by atoms with Crippen LogP contribution in [0.5, 0.6) is 0 Å². The summed E-state index contributed by atoms with van der Waals surface area (Å²) >= 11 is 7.54. The molecule has 102 valence electrons. The number of thiophene rings is 1. The van der Waals surface area contributed by atoms with E-state index in [1.807, 2.05) is 24.3 Å². The zero-order valence-corrected chi connectivity index (χ0v) is 12.6. The second kappa shape index (κ2) is 5.77. The molecule has 0 aliphatic heterocycles. The van der Waals surface area contributed by atoms with Gasteiger partial charge < -0.3 is 5.32 Å². The van der Waals surface area contributed by atoms with Gasteiger partial charge in [-0.05, 0) is 18.6 Å². The largest absolute Gasteiger partial charge is 0.368 e. The molecule has 0 saturated carbocycles. The quantitative estimate of drug-likeness (QED) is 0.750. The Morgan fingerprint density at radius 1 is 1.10 bits per heavy atom. The number of nitrogens with zero attached hydrogens (tertiary/aromatic N) is 2. The first kappa shape index (κ1) is 13.3. The van der Waals surface area contributed by atoms with Crippen LogP contribution in [0.25, 0.3) is 21.3 Å². The molecule has 0 aliphatic carbocycles. The fourth-order valence-corrected chi connectivity index (χ4v) is 3.14. The van der Waals surface area contributed by atoms with Crippen molar-refractivity contribution in [2.75, 3.05) is 11.9 Å². The number of fused-ring (bicyclic) bond motifs is 1. The Balaban J connectivity index is 2.15. The minimum absolute atomic E-state index is 0.763. The van der Waals surface area contributed by atoms with Crippen LogP contribution in [0, 0.1) is 0 Å². The Bertz CT molecular complexity index is 739. The van der Waals surface area contributed by atoms with E-state index in [1.165, 1.54) is 11.3 Å². The number of anilines is 1. The van der Waals surface area contributed by atoms with Crippen molar-refractivity contribution in [2.24, 2.45) is 0 Å². The fourth-order valence-electron chi connectivity index (χ4n) is 2.10. The number of rotatable bonds is 4. The lowest BCUT2D eigenvalue weighted by molar-refractivity contribution is 0.953. The maximum Gasteiger partial charge on any atom is 0.156 e. The third-order valence-electron chi connectivity index (χ3n) is 3.04. The first-order chi connectivity index (χ1) is 9.79. The van der Waals surface area contributed by atoms with Crippen LogP contribution in [-0.4, -0.2) is 16.7 Å². The molecule has 20 heavy (non-hydrogen) atoms. The smallest absolute Gasteiger partial charge is 0.156 e. The number of aromatic nitrogens is 2. The van der Waals surface area contributed by atoms with Crippen LogP contribution in [0.15, 0.2) is 36.4 Å². The van der Waals surface area contributed by atoms with Gasteiger partial charge in [-0.25, -0.2) is 0 Å². The van der Waals surface area contributed by atoms with Crippen LogP contribution in [0.2, 0.25) is 4.34 Å². The lowest BCUT2D eigenvalue weighted by Gasteiger charge is -2.09. The van der Waals surface area contributed by atoms with Crippen LogP contribution in [-0.2, 0) is 0 Å². The highest BCUT2D eigenvalue weighted by Gasteiger charge is 2.11. The normalized spacial score (nSPS) is 10.9. The average Bonchev–Trinajstić information content (AvgIpc) is 2.91. The maximum absolute atomic E-state index is 6.02. The molecule has 0 atom stereocenters. The third kappa shape index (κ3) is 2.49. The van der Waals surface area contributed by atoms with Gasteiger partial charge in [0.1, 0.15) is 5.69 Å². The van der Waals surface area contributed by atoms with Crippen LogP contribution in [0.1, 0.15) is 13.3 Å². The van der Waals surface area contributed by atoms with Gasteiger partial charge in [-0.2, -0.15) is 0 Å². The van der Waals surface area contributed by atoms with E-state index in [4.69, 9.17) is 11.6 Å². The summed E-state index contributed by atoms with van der Waals surface area (Å²) in [4.78, 5) is 1.04. The Hall–Kier alpha value is -1.65. The summed E-state index contributed by atoms with van der Waals surface area (Å²) in [6.07, 6.45) is 1.05. The zero-order valence-electron chi connectivity index (χ0n) is 11.1. The molecule has 1 aromatic carbocycles. The second-order valence-electron chi connectivity index (χ2n) is 4.47. The van der Waals surface area contributed by atoms with Gasteiger partial charge in [-0.3, -0.25) is 0 Å². The lowest BCUT2D eigenvalue weighted by Crippen LogP contribution is -2.04. The molecule has 5 heteroatoms. The third-order valence-corrected chi connectivity index (χ3v) is 4.27. The number of hydrogen-bond donors (Lipinski definition) is 1. The first-order valence-corrected chi connectivity index (χ1v) is 7.74. The first-order valence-electron chi connectivity index (χ1n) is 6.54. The highest BCUT2D eigenvalue weighted by atomic mass is 35.5. The van der Waals surface area contributed by atoms with E-state index in [-0.39, 0.29) is 0 Å². The predicted molar refractivity (Wildman–Crippen MR) is 86.6 cm³/mol. The van der Waals surface area contributed by atoms with Gasteiger partial charge in [-0.15, -0.1) is 21.5 Å². The molecule has 3 rings (SSSR count). The van der Waals surface area contributed by atoms with Crippen LogP contribution in [0.3, 0.4) is 0 Å². The van der Waals surface area contributed by atoms with Crippen molar-refractivity contribution < 1.29 is 0 Å². The van der Waals surface area contributed by atoms with Gasteiger partial charge in [-0.1, -0.05) is 42.8 Å². The molecule has 0 aliphatic rings. The van der Waals surface area contributed by atoms with Crippen molar-refractivity contribution in [1.29, 1.82) is 0 Å². The summed E-state index contributed by atoms with van der Waals surface area (Å²) in [5.74, 6) is 0.842. The zero-order chi connectivity index (χ0) is 13.9. The fraction of sp³-hybridized carbons (Fsp3) is 0.200. The SMILES string of the molecule is CCCNc1nnc(-c2ccc(Cl)s2)c2ccccc12. The molecule has 2 heterocycles. The molecule has 3 nitrogen and oxygen atoms in total. The molecular weight excluding hydrogens is 290 g/mol. The summed E-state index contributed by atoms with van der Waals surface area (Å²) in [5, 5.41) is 14.2. The molecule has 0 amide bonds. The molecule has 2 aromatic heterocycles. The monoisotopic (exact) mass is 303 g/mol. The molecule has 0 radical (unpaired) electrons. The van der Waals surface area contributed by atoms with E-state index in [0.717, 1.165) is 44.5 Å². The molecule has 0 spiro atoms. The number of benzene rings is 1. The molecule has 0 unspecified atom stereocenters. The minimum atomic E-state index is 0.763. The Morgan fingerprint density at radius 2 is 1.90 bits per heavy atom. The van der Waals surface area contributed by atoms with E-state index < -0.39 is 0 Å². The van der Waals surface area contributed by atoms with Gasteiger partial charge in [0.05, 0.1) is 9.21 Å². The summed E-state index contributed by atoms with van der Waals surface area (Å²) in [6, 6.07) is 12.1. The predicted octanol–water partition coefficient (Wildman–Crippen LogP) is 4.83. The van der Waals surface area contributed by atoms with Crippen LogP contribution < -0.4 is 5.32 Å². The highest BCUT2D eigenvalue weighted by Crippen LogP contribution is 2.35. The molecular formula is C15H14ClN3S. The standard InChI is InChI=1S/C15H14ClN3S/c1-2-9-17-15-11-6-4-3-5-10(11)14(18-19-15)12-7-8-13(16)20-12/h3-8H,2,9H2,1H3,(H,17,19). The summed E-state index contributed by atoms with van der Waals surface area (Å²) < 4.78 is 0.763. The van der Waals surface area contributed by atoms with Crippen molar-refractivity contribution in [3.63, 3.8) is 0 Å². The van der Waals surface area contributed by atoms with Gasteiger partial charge in [0.25, 0.3) is 0 Å². The van der Waals surface area contributed by atoms with E-state index in [2.05, 4.69) is 34.6 Å². The molecule has 3 aromatic rings. The topological polar surface area (TPSA) is 37.8 Å². The minimum Gasteiger partial charge on any atom is -0.368 e. The van der Waals surface area contributed by atoms with Crippen LogP contribution >= 0.6 is 22.9 Å². The number of halogens is 1. The molecule has 1 N–H and O–H groups in total. The van der Waals surface area contributed by atoms with Gasteiger partial charge in [0.15, 0.2) is 5.82 Å². The molecule has 0 fully saturated rings. The van der Waals surface area contributed by atoms with Crippen molar-refractivity contribution in [3.8, 4) is 10.6 Å². The second-order valence-corrected chi connectivity index (χ2v) is 6.19. The molecule has 0 bridgehead atoms. The average molecular weight is 304 g/mol. The maximum atomic E-state index is 6.02. The molecule has 0 saturated heterocycles. The number of nitrogens with one attached hydrogen (secondary N) is 1. The summed E-state index contributed by atoms with van der Waals surface area (Å²) in [6.45, 7) is 3.02. The van der Waals surface area contributed by atoms with E-state index >= 15 is 0 Å². The summed E-state index contributed by atoms with van der Waals surface area (Å²) in [7, 11) is 0. The van der Waals surface area contributed by atoms with Gasteiger partial charge in [0.2, 0.25) is 0 Å². The Morgan fingerprint density at radius 3 is 2.60 bits per heavy atom. The Labute approximate surface area is 126 Å². The summed E-state index contributed by atoms with van der Waals surface area (Å²) in [5.41, 5.74) is 0.888. The van der Waals surface area contributed by atoms with Crippen molar-refractivity contribution in [2.45, 2.75) is 13.3 Å². The van der Waals surface area contributed by atoms with E-state index in [0.29, 0.717) is 0 Å². The van der Waals surface area contributed by atoms with Crippen LogP contribution in [0.4, 0.5) is 5.82 Å². The van der Waals surface area contributed by atoms with Crippen molar-refractivity contribution >= 4 is 39.5 Å². The van der Waals surface area contributed by atoms with E-state index in [9.17, 15) is 0 Å². The highest BCUT2D eigenvalue weighted by molar-refractivity contribution is 7.19.